The van der Waals surface area contributed by atoms with Gasteiger partial charge in [0.25, 0.3) is 0 Å². The van der Waals surface area contributed by atoms with Gasteiger partial charge < -0.3 is 14.7 Å². The largest absolute Gasteiger partial charge is 0.508 e. The monoisotopic (exact) mass is 530 g/mol. The number of phenols is 1. The maximum atomic E-state index is 16.4. The lowest BCUT2D eigenvalue weighted by molar-refractivity contribution is 0.176. The molecule has 3 aliphatic rings. The number of aromatic nitrogens is 3. The van der Waals surface area contributed by atoms with Gasteiger partial charge in [0, 0.05) is 24.8 Å². The van der Waals surface area contributed by atoms with Crippen molar-refractivity contribution >= 4 is 43.8 Å². The first kappa shape index (κ1) is 23.8. The molecule has 0 radical (unpaired) electrons. The Labute approximate surface area is 223 Å². The first-order chi connectivity index (χ1) is 18.5. The number of ether oxygens (including phenoxy) is 1. The van der Waals surface area contributed by atoms with Crippen LogP contribution in [0, 0.1) is 17.7 Å². The van der Waals surface area contributed by atoms with E-state index in [0.717, 1.165) is 48.2 Å². The first-order valence-electron chi connectivity index (χ1n) is 13.5. The minimum Gasteiger partial charge on any atom is -0.508 e. The highest BCUT2D eigenvalue weighted by Crippen LogP contribution is 2.41. The number of aromatic hydroxyl groups is 1. The summed E-state index contributed by atoms with van der Waals surface area (Å²) in [5, 5.41) is 12.6. The number of piperidine rings is 1. The molecule has 2 bridgehead atoms. The van der Waals surface area contributed by atoms with Gasteiger partial charge in [-0.2, -0.15) is 20.5 Å². The van der Waals surface area contributed by atoms with Gasteiger partial charge in [-0.1, -0.05) is 30.1 Å². The zero-order valence-corrected chi connectivity index (χ0v) is 22.1. The van der Waals surface area contributed by atoms with Gasteiger partial charge in [0.05, 0.1) is 5.39 Å². The Morgan fingerprint density at radius 2 is 1.76 bits per heavy atom. The second-order valence-corrected chi connectivity index (χ2v) is 13.1. The van der Waals surface area contributed by atoms with Crippen molar-refractivity contribution in [3.63, 3.8) is 0 Å². The van der Waals surface area contributed by atoms with Gasteiger partial charge in [0.2, 0.25) is 0 Å². The summed E-state index contributed by atoms with van der Waals surface area (Å²) in [6, 6.07) is 11.1. The number of anilines is 1. The van der Waals surface area contributed by atoms with Crippen LogP contribution >= 0.6 is 10.5 Å². The molecule has 196 valence electrons. The van der Waals surface area contributed by atoms with Gasteiger partial charge in [-0.25, -0.2) is 4.39 Å². The molecule has 2 aliphatic heterocycles. The van der Waals surface area contributed by atoms with Crippen molar-refractivity contribution in [2.45, 2.75) is 38.2 Å². The Bertz CT molecular complexity index is 1560. The molecule has 0 spiro atoms. The molecule has 1 saturated carbocycles. The van der Waals surface area contributed by atoms with Crippen LogP contribution in [0.1, 0.15) is 32.1 Å². The lowest BCUT2D eigenvalue weighted by Crippen LogP contribution is -2.37. The zero-order chi connectivity index (χ0) is 25.8. The number of phenolic OH excluding ortho intramolecular Hbond substituents is 1. The third kappa shape index (κ3) is 4.28. The average molecular weight is 531 g/mol. The molecule has 6 nitrogen and oxygen atoms in total. The highest BCUT2D eigenvalue weighted by molar-refractivity contribution is 8.14. The number of hydrogen-bond acceptors (Lipinski definition) is 6. The second kappa shape index (κ2) is 9.49. The van der Waals surface area contributed by atoms with E-state index in [4.69, 9.17) is 9.72 Å². The van der Waals surface area contributed by atoms with Gasteiger partial charge in [0.1, 0.15) is 28.9 Å². The van der Waals surface area contributed by atoms with Crippen molar-refractivity contribution in [1.29, 1.82) is 0 Å². The molecule has 2 atom stereocenters. The van der Waals surface area contributed by atoms with E-state index in [-0.39, 0.29) is 39.6 Å². The van der Waals surface area contributed by atoms with Crippen LogP contribution in [0.15, 0.2) is 42.6 Å². The summed E-state index contributed by atoms with van der Waals surface area (Å²) >= 11 is 0. The minimum atomic E-state index is -0.519. The van der Waals surface area contributed by atoms with Gasteiger partial charge >= 0.3 is 6.01 Å². The van der Waals surface area contributed by atoms with Crippen LogP contribution in [0.25, 0.3) is 32.9 Å². The van der Waals surface area contributed by atoms with E-state index in [9.17, 15) is 5.11 Å². The topological polar surface area (TPSA) is 71.4 Å². The molecule has 3 fully saturated rings. The van der Waals surface area contributed by atoms with Crippen LogP contribution in [0.5, 0.6) is 11.8 Å². The molecule has 7 rings (SSSR count). The molecular formula is C30H31FN4O2S. The predicted molar refractivity (Wildman–Crippen MR) is 153 cm³/mol. The molecule has 4 heterocycles. The van der Waals surface area contributed by atoms with Crippen molar-refractivity contribution in [2.24, 2.45) is 11.8 Å². The summed E-state index contributed by atoms with van der Waals surface area (Å²) in [4.78, 5) is 16.4. The minimum absolute atomic E-state index is 0.0164. The quantitative estimate of drug-likeness (QED) is 0.318. The summed E-state index contributed by atoms with van der Waals surface area (Å²) in [6.45, 7) is 1.83. The number of nitrogens with zero attached hydrogens (tertiary/aromatic N) is 4. The third-order valence-electron chi connectivity index (χ3n) is 8.38. The van der Waals surface area contributed by atoms with E-state index in [1.54, 1.807) is 18.3 Å². The smallest absolute Gasteiger partial charge is 0.319 e. The van der Waals surface area contributed by atoms with Crippen LogP contribution in [0.4, 0.5) is 10.2 Å². The van der Waals surface area contributed by atoms with Gasteiger partial charge in [-0.3, -0.25) is 4.98 Å². The van der Waals surface area contributed by atoms with Crippen molar-refractivity contribution in [3.8, 4) is 23.0 Å². The van der Waals surface area contributed by atoms with Gasteiger partial charge in [-0.05, 0) is 78.4 Å². The van der Waals surface area contributed by atoms with Crippen molar-refractivity contribution < 1.29 is 14.2 Å². The number of halogens is 1. The molecule has 38 heavy (non-hydrogen) atoms. The molecule has 8 heteroatoms. The Balaban J connectivity index is 1.37. The molecular weight excluding hydrogens is 499 g/mol. The van der Waals surface area contributed by atoms with Crippen LogP contribution in [-0.2, 0) is 0 Å². The van der Waals surface area contributed by atoms with Crippen molar-refractivity contribution in [2.75, 3.05) is 29.5 Å². The van der Waals surface area contributed by atoms with Crippen LogP contribution < -0.4 is 9.64 Å². The Morgan fingerprint density at radius 3 is 2.55 bits per heavy atom. The highest BCUT2D eigenvalue weighted by atomic mass is 32.2. The number of benzene rings is 2. The standard InChI is InChI=1S/C30H31FN4O2S/c1-38-10-8-22(9-11-38)37-30-33-28-25(29(34-30)35-16-18-6-7-19(12-18)17-35)15-32-27(26(28)31)24-14-21(36)13-20-4-2-3-5-23(20)24/h2-5,13-15,18-19,22,36H,1,6-12,16-17H2. The van der Waals surface area contributed by atoms with Gasteiger partial charge in [0.15, 0.2) is 5.82 Å². The summed E-state index contributed by atoms with van der Waals surface area (Å²) in [6.07, 6.45) is 7.28. The summed E-state index contributed by atoms with van der Waals surface area (Å²) < 4.78 is 22.7. The maximum Gasteiger partial charge on any atom is 0.319 e. The Kier molecular flexibility index (Phi) is 5.95. The number of fused-ring (bicyclic) bond motifs is 4. The summed E-state index contributed by atoms with van der Waals surface area (Å²) in [5.41, 5.74) is 0.916. The molecule has 2 saturated heterocycles. The molecule has 2 aromatic heterocycles. The number of rotatable bonds is 4. The maximum absolute atomic E-state index is 16.4. The van der Waals surface area contributed by atoms with E-state index >= 15 is 4.39 Å². The van der Waals surface area contributed by atoms with E-state index < -0.39 is 5.82 Å². The third-order valence-corrected chi connectivity index (χ3v) is 10.0. The van der Waals surface area contributed by atoms with Crippen LogP contribution in [-0.4, -0.2) is 56.6 Å². The Hall–Kier alpha value is -3.26. The normalized spacial score (nSPS) is 25.2. The molecule has 2 unspecified atom stereocenters. The van der Waals surface area contributed by atoms with Crippen LogP contribution in [0.3, 0.4) is 0 Å². The lowest BCUT2D eigenvalue weighted by atomic mass is 9.98. The Morgan fingerprint density at radius 1 is 1.00 bits per heavy atom. The number of pyridine rings is 1. The fraction of sp³-hybridized carbons (Fsp3) is 0.400. The molecule has 1 aliphatic carbocycles. The molecule has 1 N–H and O–H groups in total. The molecule has 2 aromatic carbocycles. The summed E-state index contributed by atoms with van der Waals surface area (Å²) in [7, 11) is 0.190. The fourth-order valence-corrected chi connectivity index (χ4v) is 7.88. The average Bonchev–Trinajstić information content (AvgIpc) is 3.26. The summed E-state index contributed by atoms with van der Waals surface area (Å²) in [5.74, 6) is 7.84. The predicted octanol–water partition coefficient (Wildman–Crippen LogP) is 6.17. The molecule has 4 aromatic rings. The molecule has 0 amide bonds. The van der Waals surface area contributed by atoms with E-state index in [0.29, 0.717) is 28.6 Å². The highest BCUT2D eigenvalue weighted by Gasteiger charge is 2.35. The van der Waals surface area contributed by atoms with E-state index in [1.807, 2.05) is 24.3 Å². The van der Waals surface area contributed by atoms with E-state index in [2.05, 4.69) is 20.7 Å². The number of hydrogen-bond donors (Lipinski definition) is 1. The van der Waals surface area contributed by atoms with Crippen molar-refractivity contribution in [3.05, 3.63) is 48.4 Å². The van der Waals surface area contributed by atoms with Crippen LogP contribution in [0.2, 0.25) is 0 Å². The zero-order valence-electron chi connectivity index (χ0n) is 21.3. The van der Waals surface area contributed by atoms with Crippen molar-refractivity contribution in [1.82, 2.24) is 15.0 Å². The second-order valence-electron chi connectivity index (χ2n) is 11.0. The fourth-order valence-electron chi connectivity index (χ4n) is 6.48. The SMILES string of the molecule is C=S1CCC(Oc2nc(N3CC4CCC(C4)C3)c3cnc(-c4cc(O)cc5ccccc45)c(F)c3n2)CC1. The van der Waals surface area contributed by atoms with E-state index in [1.165, 1.54) is 19.3 Å². The lowest BCUT2D eigenvalue weighted by Gasteiger charge is -2.33. The first-order valence-corrected chi connectivity index (χ1v) is 15.2. The van der Waals surface area contributed by atoms with Gasteiger partial charge in [-0.15, -0.1) is 0 Å².